The number of hydrogen-bond donors (Lipinski definition) is 1. The van der Waals surface area contributed by atoms with E-state index in [0.29, 0.717) is 10.6 Å². The fourth-order valence-electron chi connectivity index (χ4n) is 2.53. The Morgan fingerprint density at radius 1 is 1.38 bits per heavy atom. The molecule has 1 aromatic rings. The van der Waals surface area contributed by atoms with Gasteiger partial charge in [0.1, 0.15) is 0 Å². The maximum Gasteiger partial charge on any atom is 0.375 e. The zero-order chi connectivity index (χ0) is 15.4. The van der Waals surface area contributed by atoms with Gasteiger partial charge in [-0.2, -0.15) is 0 Å². The number of hydrogen-bond acceptors (Lipinski definition) is 4. The van der Waals surface area contributed by atoms with Crippen molar-refractivity contribution in [1.82, 2.24) is 5.32 Å². The van der Waals surface area contributed by atoms with E-state index in [0.717, 1.165) is 19.3 Å². The summed E-state index contributed by atoms with van der Waals surface area (Å²) in [6, 6.07) is 3.27. The van der Waals surface area contributed by atoms with Crippen molar-refractivity contribution in [1.29, 1.82) is 0 Å². The molecule has 1 fully saturated rings. The predicted octanol–water partition coefficient (Wildman–Crippen LogP) is 3.28. The van der Waals surface area contributed by atoms with Crippen molar-refractivity contribution in [3.05, 3.63) is 22.6 Å². The highest BCUT2D eigenvalue weighted by molar-refractivity contribution is 9.10. The molecular formula is C15H20BrNO4. The minimum absolute atomic E-state index is 0.0764. The summed E-state index contributed by atoms with van der Waals surface area (Å²) < 4.78 is 10.7. The molecule has 21 heavy (non-hydrogen) atoms. The Balaban J connectivity index is 1.86. The largest absolute Gasteiger partial charge is 0.447 e. The van der Waals surface area contributed by atoms with Crippen molar-refractivity contribution in [3.8, 4) is 0 Å². The normalized spacial score (nSPS) is 23.4. The predicted molar refractivity (Wildman–Crippen MR) is 80.8 cm³/mol. The zero-order valence-corrected chi connectivity index (χ0v) is 13.8. The number of furan rings is 1. The molecule has 1 aromatic heterocycles. The van der Waals surface area contributed by atoms with Crippen LogP contribution in [0.5, 0.6) is 0 Å². The summed E-state index contributed by atoms with van der Waals surface area (Å²) >= 11 is 3.11. The molecule has 1 N–H and O–H groups in total. The SMILES string of the molecule is C[C@@H]1CCCC[C@H]1NC(=O)[C@@H](C)OC(=O)c1ccc(Br)o1. The van der Waals surface area contributed by atoms with Gasteiger partial charge in [0.05, 0.1) is 0 Å². The van der Waals surface area contributed by atoms with Gasteiger partial charge in [-0.3, -0.25) is 4.79 Å². The van der Waals surface area contributed by atoms with Crippen molar-refractivity contribution in [3.63, 3.8) is 0 Å². The van der Waals surface area contributed by atoms with E-state index in [1.54, 1.807) is 13.0 Å². The minimum atomic E-state index is -0.837. The Hall–Kier alpha value is -1.30. The number of ether oxygens (including phenoxy) is 1. The highest BCUT2D eigenvalue weighted by Crippen LogP contribution is 2.24. The standard InChI is InChI=1S/C15H20BrNO4/c1-9-5-3-4-6-11(9)17-14(18)10(2)20-15(19)12-7-8-13(16)21-12/h7-11H,3-6H2,1-2H3,(H,17,18)/t9-,10-,11-/m1/s1. The molecule has 116 valence electrons. The Kier molecular flexibility index (Phi) is 5.45. The average molecular weight is 358 g/mol. The smallest absolute Gasteiger partial charge is 0.375 e. The molecule has 1 aliphatic rings. The summed E-state index contributed by atoms with van der Waals surface area (Å²) in [5.41, 5.74) is 0. The highest BCUT2D eigenvalue weighted by Gasteiger charge is 2.27. The van der Waals surface area contributed by atoms with Gasteiger partial charge < -0.3 is 14.5 Å². The number of halogens is 1. The molecule has 5 nitrogen and oxygen atoms in total. The van der Waals surface area contributed by atoms with Crippen LogP contribution in [0.25, 0.3) is 0 Å². The lowest BCUT2D eigenvalue weighted by Crippen LogP contribution is -2.45. The molecule has 0 radical (unpaired) electrons. The lowest BCUT2D eigenvalue weighted by Gasteiger charge is -2.30. The summed E-state index contributed by atoms with van der Waals surface area (Å²) in [5.74, 6) is -0.355. The molecule has 0 saturated heterocycles. The quantitative estimate of drug-likeness (QED) is 0.839. The average Bonchev–Trinajstić information content (AvgIpc) is 2.88. The molecule has 0 aromatic carbocycles. The van der Waals surface area contributed by atoms with E-state index in [9.17, 15) is 9.59 Å². The number of carbonyl (C=O) groups is 2. The summed E-state index contributed by atoms with van der Waals surface area (Å²) in [5, 5.41) is 2.97. The first kappa shape index (κ1) is 16.1. The molecule has 0 aliphatic heterocycles. The second-order valence-electron chi connectivity index (χ2n) is 5.53. The topological polar surface area (TPSA) is 68.5 Å². The number of amides is 1. The molecule has 0 unspecified atom stereocenters. The van der Waals surface area contributed by atoms with Crippen LogP contribution in [0.3, 0.4) is 0 Å². The van der Waals surface area contributed by atoms with Crippen LogP contribution < -0.4 is 5.32 Å². The minimum Gasteiger partial charge on any atom is -0.447 e. The zero-order valence-electron chi connectivity index (χ0n) is 12.2. The molecule has 0 spiro atoms. The van der Waals surface area contributed by atoms with Gasteiger partial charge in [0.25, 0.3) is 5.91 Å². The Bertz CT molecular complexity index is 514. The fraction of sp³-hybridized carbons (Fsp3) is 0.600. The Morgan fingerprint density at radius 3 is 2.71 bits per heavy atom. The van der Waals surface area contributed by atoms with E-state index >= 15 is 0 Å². The first-order valence-corrected chi connectivity index (χ1v) is 8.03. The van der Waals surface area contributed by atoms with Crippen molar-refractivity contribution in [2.45, 2.75) is 51.7 Å². The van der Waals surface area contributed by atoms with Crippen molar-refractivity contribution in [2.75, 3.05) is 0 Å². The van der Waals surface area contributed by atoms with Crippen molar-refractivity contribution >= 4 is 27.8 Å². The van der Waals surface area contributed by atoms with Gasteiger partial charge >= 0.3 is 5.97 Å². The van der Waals surface area contributed by atoms with Crippen LogP contribution in [0.2, 0.25) is 0 Å². The maximum atomic E-state index is 12.1. The monoisotopic (exact) mass is 357 g/mol. The van der Waals surface area contributed by atoms with Crippen LogP contribution in [-0.4, -0.2) is 24.0 Å². The fourth-order valence-corrected chi connectivity index (χ4v) is 2.83. The maximum absolute atomic E-state index is 12.1. The van der Waals surface area contributed by atoms with Crippen LogP contribution in [0, 0.1) is 5.92 Å². The molecule has 1 amide bonds. The summed E-state index contributed by atoms with van der Waals surface area (Å²) in [6.45, 7) is 3.71. The van der Waals surface area contributed by atoms with Gasteiger partial charge in [-0.1, -0.05) is 19.8 Å². The Morgan fingerprint density at radius 2 is 2.10 bits per heavy atom. The van der Waals surface area contributed by atoms with Crippen LogP contribution in [0.15, 0.2) is 21.2 Å². The van der Waals surface area contributed by atoms with Gasteiger partial charge in [-0.15, -0.1) is 0 Å². The number of esters is 1. The molecule has 1 saturated carbocycles. The lowest BCUT2D eigenvalue weighted by atomic mass is 9.86. The van der Waals surface area contributed by atoms with Gasteiger partial charge in [0, 0.05) is 6.04 Å². The van der Waals surface area contributed by atoms with Crippen LogP contribution in [-0.2, 0) is 9.53 Å². The third kappa shape index (κ3) is 4.33. The first-order chi connectivity index (χ1) is 9.97. The molecule has 1 aliphatic carbocycles. The first-order valence-electron chi connectivity index (χ1n) is 7.24. The molecule has 6 heteroatoms. The second-order valence-corrected chi connectivity index (χ2v) is 6.31. The number of nitrogens with one attached hydrogen (secondary N) is 1. The highest BCUT2D eigenvalue weighted by atomic mass is 79.9. The summed E-state index contributed by atoms with van der Waals surface area (Å²) in [7, 11) is 0. The third-order valence-corrected chi connectivity index (χ3v) is 4.29. The van der Waals surface area contributed by atoms with E-state index in [1.165, 1.54) is 12.5 Å². The van der Waals surface area contributed by atoms with Crippen molar-refractivity contribution in [2.24, 2.45) is 5.92 Å². The van der Waals surface area contributed by atoms with E-state index in [-0.39, 0.29) is 17.7 Å². The van der Waals surface area contributed by atoms with Gasteiger partial charge in [-0.25, -0.2) is 4.79 Å². The van der Waals surface area contributed by atoms with Gasteiger partial charge in [-0.05, 0) is 53.7 Å². The third-order valence-electron chi connectivity index (χ3n) is 3.87. The van der Waals surface area contributed by atoms with Crippen LogP contribution >= 0.6 is 15.9 Å². The van der Waals surface area contributed by atoms with E-state index in [2.05, 4.69) is 28.2 Å². The molecule has 1 heterocycles. The van der Waals surface area contributed by atoms with E-state index < -0.39 is 12.1 Å². The van der Waals surface area contributed by atoms with Crippen LogP contribution in [0.4, 0.5) is 0 Å². The number of carbonyl (C=O) groups excluding carboxylic acids is 2. The lowest BCUT2D eigenvalue weighted by molar-refractivity contribution is -0.130. The van der Waals surface area contributed by atoms with E-state index in [4.69, 9.17) is 9.15 Å². The molecule has 3 atom stereocenters. The second kappa shape index (κ2) is 7.11. The Labute approximate surface area is 132 Å². The van der Waals surface area contributed by atoms with Crippen LogP contribution in [0.1, 0.15) is 50.1 Å². The molecule has 0 bridgehead atoms. The van der Waals surface area contributed by atoms with Crippen molar-refractivity contribution < 1.29 is 18.7 Å². The summed E-state index contributed by atoms with van der Waals surface area (Å²) in [6.07, 6.45) is 3.61. The molecule has 2 rings (SSSR count). The van der Waals surface area contributed by atoms with E-state index in [1.807, 2.05) is 0 Å². The van der Waals surface area contributed by atoms with Gasteiger partial charge in [0.2, 0.25) is 5.76 Å². The number of rotatable bonds is 4. The summed E-state index contributed by atoms with van der Waals surface area (Å²) in [4.78, 5) is 23.9. The molecular weight excluding hydrogens is 338 g/mol. The van der Waals surface area contributed by atoms with Gasteiger partial charge in [0.15, 0.2) is 10.8 Å².